The predicted octanol–water partition coefficient (Wildman–Crippen LogP) is 1.07. The van der Waals surface area contributed by atoms with Crippen molar-refractivity contribution in [3.05, 3.63) is 11.6 Å². The Kier molecular flexibility index (Phi) is 8.84. The molecule has 2 rings (SSSR count). The van der Waals surface area contributed by atoms with Crippen molar-refractivity contribution in [3.8, 4) is 0 Å². The SMILES string of the molecule is COCCCN(C)CCNC(=NCc1nnc(C)n1C)NC1CCCC1. The number of likely N-dealkylation sites (N-methyl/N-ethyl adjacent to an activating group) is 1. The molecule has 1 aliphatic carbocycles. The number of rotatable bonds is 10. The molecular formula is C18H35N7O. The summed E-state index contributed by atoms with van der Waals surface area (Å²) in [6.07, 6.45) is 6.10. The highest BCUT2D eigenvalue weighted by Crippen LogP contribution is 2.17. The van der Waals surface area contributed by atoms with Crippen LogP contribution in [0, 0.1) is 6.92 Å². The summed E-state index contributed by atoms with van der Waals surface area (Å²) in [5.74, 6) is 2.67. The van der Waals surface area contributed by atoms with E-state index < -0.39 is 0 Å². The van der Waals surface area contributed by atoms with Gasteiger partial charge in [0.25, 0.3) is 0 Å². The van der Waals surface area contributed by atoms with Crippen LogP contribution in [0.25, 0.3) is 0 Å². The summed E-state index contributed by atoms with van der Waals surface area (Å²) in [7, 11) is 5.87. The molecule has 26 heavy (non-hydrogen) atoms. The fraction of sp³-hybridized carbons (Fsp3) is 0.833. The summed E-state index contributed by atoms with van der Waals surface area (Å²) >= 11 is 0. The number of aliphatic imine (C=N–C) groups is 1. The third-order valence-electron chi connectivity index (χ3n) is 4.93. The molecule has 8 heteroatoms. The van der Waals surface area contributed by atoms with Gasteiger partial charge in [0, 0.05) is 46.4 Å². The normalized spacial score (nSPS) is 15.8. The summed E-state index contributed by atoms with van der Waals surface area (Å²) in [4.78, 5) is 7.05. The first-order valence-corrected chi connectivity index (χ1v) is 9.67. The van der Waals surface area contributed by atoms with Crippen LogP contribution in [-0.2, 0) is 18.3 Å². The van der Waals surface area contributed by atoms with Gasteiger partial charge in [-0.25, -0.2) is 4.99 Å². The Labute approximate surface area is 157 Å². The summed E-state index contributed by atoms with van der Waals surface area (Å²) in [5, 5.41) is 15.4. The van der Waals surface area contributed by atoms with Gasteiger partial charge in [0.05, 0.1) is 0 Å². The van der Waals surface area contributed by atoms with Crippen molar-refractivity contribution in [2.75, 3.05) is 40.4 Å². The van der Waals surface area contributed by atoms with Gasteiger partial charge in [-0.05, 0) is 33.2 Å². The Morgan fingerprint density at radius 1 is 1.31 bits per heavy atom. The molecule has 1 aromatic heterocycles. The maximum Gasteiger partial charge on any atom is 0.191 e. The molecule has 1 heterocycles. The molecule has 0 aromatic carbocycles. The first kappa shape index (κ1) is 20.6. The van der Waals surface area contributed by atoms with E-state index in [4.69, 9.17) is 9.73 Å². The van der Waals surface area contributed by atoms with Crippen molar-refractivity contribution >= 4 is 5.96 Å². The summed E-state index contributed by atoms with van der Waals surface area (Å²) in [6, 6.07) is 0.530. The topological polar surface area (TPSA) is 79.6 Å². The molecule has 0 saturated heterocycles. The third-order valence-corrected chi connectivity index (χ3v) is 4.93. The number of aryl methyl sites for hydroxylation is 1. The van der Waals surface area contributed by atoms with Gasteiger partial charge >= 0.3 is 0 Å². The highest BCUT2D eigenvalue weighted by Gasteiger charge is 2.16. The van der Waals surface area contributed by atoms with Crippen LogP contribution in [0.2, 0.25) is 0 Å². The quantitative estimate of drug-likeness (QED) is 0.367. The lowest BCUT2D eigenvalue weighted by Crippen LogP contribution is -2.44. The molecule has 2 N–H and O–H groups in total. The predicted molar refractivity (Wildman–Crippen MR) is 104 cm³/mol. The Bertz CT molecular complexity index is 552. The lowest BCUT2D eigenvalue weighted by molar-refractivity contribution is 0.180. The number of hydrogen-bond donors (Lipinski definition) is 2. The molecule has 1 fully saturated rings. The lowest BCUT2D eigenvalue weighted by atomic mass is 10.2. The van der Waals surface area contributed by atoms with Crippen molar-refractivity contribution in [1.82, 2.24) is 30.3 Å². The lowest BCUT2D eigenvalue weighted by Gasteiger charge is -2.20. The average molecular weight is 366 g/mol. The van der Waals surface area contributed by atoms with Crippen molar-refractivity contribution < 1.29 is 4.74 Å². The highest BCUT2D eigenvalue weighted by molar-refractivity contribution is 5.80. The third kappa shape index (κ3) is 6.92. The minimum absolute atomic E-state index is 0.530. The summed E-state index contributed by atoms with van der Waals surface area (Å²) in [6.45, 7) is 6.16. The van der Waals surface area contributed by atoms with Gasteiger partial charge in [0.1, 0.15) is 12.4 Å². The molecule has 148 valence electrons. The van der Waals surface area contributed by atoms with Crippen LogP contribution < -0.4 is 10.6 Å². The van der Waals surface area contributed by atoms with E-state index in [1.165, 1.54) is 25.7 Å². The smallest absolute Gasteiger partial charge is 0.191 e. The number of ether oxygens (including phenoxy) is 1. The second kappa shape index (κ2) is 11.1. The zero-order valence-corrected chi connectivity index (χ0v) is 16.8. The fourth-order valence-corrected chi connectivity index (χ4v) is 3.11. The van der Waals surface area contributed by atoms with E-state index in [0.717, 1.165) is 50.3 Å². The van der Waals surface area contributed by atoms with E-state index in [2.05, 4.69) is 32.8 Å². The molecular weight excluding hydrogens is 330 g/mol. The first-order chi connectivity index (χ1) is 12.6. The molecule has 0 bridgehead atoms. The van der Waals surface area contributed by atoms with Crippen molar-refractivity contribution in [2.24, 2.45) is 12.0 Å². The second-order valence-corrected chi connectivity index (χ2v) is 7.09. The molecule has 0 aliphatic heterocycles. The zero-order valence-electron chi connectivity index (χ0n) is 16.8. The standard InChI is InChI=1S/C18H35N7O/c1-15-22-23-17(25(15)3)14-20-18(21-16-8-5-6-9-16)19-10-12-24(2)11-7-13-26-4/h16H,5-14H2,1-4H3,(H2,19,20,21). The van der Waals surface area contributed by atoms with Crippen molar-refractivity contribution in [3.63, 3.8) is 0 Å². The fourth-order valence-electron chi connectivity index (χ4n) is 3.11. The monoisotopic (exact) mass is 365 g/mol. The number of methoxy groups -OCH3 is 1. The molecule has 8 nitrogen and oxygen atoms in total. The van der Waals surface area contributed by atoms with Crippen molar-refractivity contribution in [2.45, 2.75) is 51.6 Å². The maximum absolute atomic E-state index is 5.11. The highest BCUT2D eigenvalue weighted by atomic mass is 16.5. The van der Waals surface area contributed by atoms with E-state index in [1.54, 1.807) is 7.11 Å². The van der Waals surface area contributed by atoms with Crippen LogP contribution in [0.15, 0.2) is 4.99 Å². The van der Waals surface area contributed by atoms with Gasteiger partial charge < -0.3 is 24.8 Å². The molecule has 0 spiro atoms. The van der Waals surface area contributed by atoms with Gasteiger partial charge in [0.2, 0.25) is 0 Å². The van der Waals surface area contributed by atoms with E-state index >= 15 is 0 Å². The molecule has 1 saturated carbocycles. The van der Waals surface area contributed by atoms with Crippen LogP contribution in [-0.4, -0.2) is 72.1 Å². The van der Waals surface area contributed by atoms with Gasteiger partial charge in [-0.1, -0.05) is 12.8 Å². The van der Waals surface area contributed by atoms with Gasteiger partial charge in [-0.3, -0.25) is 0 Å². The van der Waals surface area contributed by atoms with Crippen LogP contribution in [0.3, 0.4) is 0 Å². The molecule has 0 amide bonds. The molecule has 0 radical (unpaired) electrons. The maximum atomic E-state index is 5.11. The minimum Gasteiger partial charge on any atom is -0.385 e. The molecule has 1 aromatic rings. The van der Waals surface area contributed by atoms with Crippen LogP contribution in [0.4, 0.5) is 0 Å². The number of nitrogens with zero attached hydrogens (tertiary/aromatic N) is 5. The van der Waals surface area contributed by atoms with Crippen LogP contribution in [0.1, 0.15) is 43.8 Å². The van der Waals surface area contributed by atoms with Gasteiger partial charge in [-0.15, -0.1) is 10.2 Å². The number of guanidine groups is 1. The zero-order chi connectivity index (χ0) is 18.8. The summed E-state index contributed by atoms with van der Waals surface area (Å²) < 4.78 is 7.10. The Hall–Kier alpha value is -1.67. The van der Waals surface area contributed by atoms with Crippen LogP contribution in [0.5, 0.6) is 0 Å². The molecule has 0 unspecified atom stereocenters. The largest absolute Gasteiger partial charge is 0.385 e. The van der Waals surface area contributed by atoms with E-state index in [1.807, 2.05) is 18.5 Å². The van der Waals surface area contributed by atoms with E-state index in [-0.39, 0.29) is 0 Å². The van der Waals surface area contributed by atoms with Crippen LogP contribution >= 0.6 is 0 Å². The minimum atomic E-state index is 0.530. The van der Waals surface area contributed by atoms with E-state index in [0.29, 0.717) is 12.6 Å². The number of hydrogen-bond acceptors (Lipinski definition) is 5. The van der Waals surface area contributed by atoms with Gasteiger partial charge in [-0.2, -0.15) is 0 Å². The van der Waals surface area contributed by atoms with E-state index in [9.17, 15) is 0 Å². The Balaban J connectivity index is 1.84. The average Bonchev–Trinajstić information content (AvgIpc) is 3.24. The van der Waals surface area contributed by atoms with Crippen molar-refractivity contribution in [1.29, 1.82) is 0 Å². The second-order valence-electron chi connectivity index (χ2n) is 7.09. The number of nitrogens with one attached hydrogen (secondary N) is 2. The number of aromatic nitrogens is 3. The molecule has 1 aliphatic rings. The Morgan fingerprint density at radius 3 is 2.73 bits per heavy atom. The molecule has 0 atom stereocenters. The van der Waals surface area contributed by atoms with Gasteiger partial charge in [0.15, 0.2) is 11.8 Å². The first-order valence-electron chi connectivity index (χ1n) is 9.67. The Morgan fingerprint density at radius 2 is 2.08 bits per heavy atom. The summed E-state index contributed by atoms with van der Waals surface area (Å²) in [5.41, 5.74) is 0.